The van der Waals surface area contributed by atoms with Crippen LogP contribution in [0.25, 0.3) is 0 Å². The van der Waals surface area contributed by atoms with E-state index in [9.17, 15) is 4.21 Å². The predicted molar refractivity (Wildman–Crippen MR) is 69.9 cm³/mol. The summed E-state index contributed by atoms with van der Waals surface area (Å²) >= 11 is 0. The number of hydrogen-bond acceptors (Lipinski definition) is 3. The zero-order chi connectivity index (χ0) is 13.1. The molecule has 0 amide bonds. The molecule has 1 aromatic heterocycles. The van der Waals surface area contributed by atoms with Gasteiger partial charge >= 0.3 is 0 Å². The number of aromatic nitrogens is 1. The number of nitriles is 1. The van der Waals surface area contributed by atoms with Gasteiger partial charge in [-0.05, 0) is 44.9 Å². The Kier molecular flexibility index (Phi) is 4.41. The van der Waals surface area contributed by atoms with Crippen LogP contribution in [-0.4, -0.2) is 13.9 Å². The molecule has 1 heterocycles. The second kappa shape index (κ2) is 5.42. The van der Waals surface area contributed by atoms with Gasteiger partial charge in [0.2, 0.25) is 0 Å². The van der Waals surface area contributed by atoms with Crippen LogP contribution in [0.5, 0.6) is 0 Å². The van der Waals surface area contributed by atoms with E-state index < -0.39 is 10.8 Å². The molecule has 0 spiro atoms. The molecular formula is C13H18N2OS. The minimum Gasteiger partial charge on any atom is -0.258 e. The van der Waals surface area contributed by atoms with Gasteiger partial charge in [0, 0.05) is 21.7 Å². The Hall–Kier alpha value is -1.21. The van der Waals surface area contributed by atoms with E-state index in [1.807, 2.05) is 39.8 Å². The Morgan fingerprint density at radius 3 is 2.65 bits per heavy atom. The highest BCUT2D eigenvalue weighted by Gasteiger charge is 2.28. The van der Waals surface area contributed by atoms with E-state index in [0.717, 1.165) is 12.0 Å². The van der Waals surface area contributed by atoms with E-state index in [1.165, 1.54) is 0 Å². The van der Waals surface area contributed by atoms with Gasteiger partial charge in [-0.15, -0.1) is 0 Å². The molecule has 0 aliphatic carbocycles. The van der Waals surface area contributed by atoms with Crippen LogP contribution in [-0.2, 0) is 10.8 Å². The molecule has 2 atom stereocenters. The Balaban J connectivity index is 3.11. The summed E-state index contributed by atoms with van der Waals surface area (Å²) in [6, 6.07) is 5.59. The zero-order valence-corrected chi connectivity index (χ0v) is 11.5. The molecule has 0 fully saturated rings. The lowest BCUT2D eigenvalue weighted by Gasteiger charge is -2.25. The fourth-order valence-corrected chi connectivity index (χ4v) is 3.20. The Morgan fingerprint density at radius 2 is 2.18 bits per heavy atom. The molecule has 0 bridgehead atoms. The first-order valence-corrected chi connectivity index (χ1v) is 6.88. The van der Waals surface area contributed by atoms with Crippen molar-refractivity contribution in [3.05, 3.63) is 29.6 Å². The largest absolute Gasteiger partial charge is 0.258 e. The molecule has 0 N–H and O–H groups in total. The molecule has 1 aromatic rings. The van der Waals surface area contributed by atoms with Crippen LogP contribution in [0.1, 0.15) is 50.6 Å². The van der Waals surface area contributed by atoms with E-state index in [-0.39, 0.29) is 10.00 Å². The van der Waals surface area contributed by atoms with Gasteiger partial charge in [0.25, 0.3) is 0 Å². The van der Waals surface area contributed by atoms with E-state index in [4.69, 9.17) is 5.26 Å². The first-order chi connectivity index (χ1) is 7.90. The summed E-state index contributed by atoms with van der Waals surface area (Å²) in [4.78, 5) is 3.94. The van der Waals surface area contributed by atoms with Crippen LogP contribution in [0.2, 0.25) is 0 Å². The number of pyridine rings is 1. The van der Waals surface area contributed by atoms with Crippen LogP contribution in [0.4, 0.5) is 0 Å². The zero-order valence-electron chi connectivity index (χ0n) is 10.7. The normalized spacial score (nSPS) is 15.0. The maximum absolute atomic E-state index is 12.4. The Morgan fingerprint density at radius 1 is 1.53 bits per heavy atom. The average Bonchev–Trinajstić information content (AvgIpc) is 2.29. The van der Waals surface area contributed by atoms with Crippen LogP contribution in [0, 0.1) is 11.3 Å². The van der Waals surface area contributed by atoms with Crippen LogP contribution < -0.4 is 0 Å². The Labute approximate surface area is 105 Å². The summed E-state index contributed by atoms with van der Waals surface area (Å²) in [7, 11) is -0.974. The molecule has 0 aliphatic heterocycles. The van der Waals surface area contributed by atoms with E-state index in [2.05, 4.69) is 4.98 Å². The minimum atomic E-state index is -0.974. The highest BCUT2D eigenvalue weighted by molar-refractivity contribution is 7.86. The average molecular weight is 250 g/mol. The smallest absolute Gasteiger partial charge is 0.140 e. The van der Waals surface area contributed by atoms with Gasteiger partial charge in [-0.25, -0.2) is 4.98 Å². The van der Waals surface area contributed by atoms with Crippen molar-refractivity contribution < 1.29 is 4.21 Å². The highest BCUT2D eigenvalue weighted by Crippen LogP contribution is 2.30. The summed E-state index contributed by atoms with van der Waals surface area (Å²) in [6.45, 7) is 7.93. The van der Waals surface area contributed by atoms with Gasteiger partial charge in [-0.2, -0.15) is 5.26 Å². The van der Waals surface area contributed by atoms with Crippen LogP contribution >= 0.6 is 0 Å². The quantitative estimate of drug-likeness (QED) is 0.828. The van der Waals surface area contributed by atoms with Gasteiger partial charge < -0.3 is 0 Å². The lowest BCUT2D eigenvalue weighted by atomic mass is 10.1. The monoisotopic (exact) mass is 250 g/mol. The fraction of sp³-hybridized carbons (Fsp3) is 0.538. The number of hydrogen-bond donors (Lipinski definition) is 0. The first kappa shape index (κ1) is 13.9. The molecule has 1 rings (SSSR count). The van der Waals surface area contributed by atoms with Gasteiger partial charge in [0.1, 0.15) is 11.8 Å². The first-order valence-electron chi connectivity index (χ1n) is 5.67. The van der Waals surface area contributed by atoms with Gasteiger partial charge in [-0.1, -0.05) is 6.92 Å². The molecular weight excluding hydrogens is 232 g/mol. The molecule has 1 unspecified atom stereocenters. The maximum Gasteiger partial charge on any atom is 0.140 e. The second-order valence-corrected chi connectivity index (χ2v) is 7.28. The molecule has 17 heavy (non-hydrogen) atoms. The summed E-state index contributed by atoms with van der Waals surface area (Å²) < 4.78 is 12.2. The van der Waals surface area contributed by atoms with Crippen molar-refractivity contribution in [2.45, 2.75) is 44.1 Å². The lowest BCUT2D eigenvalue weighted by Crippen LogP contribution is -2.26. The van der Waals surface area contributed by atoms with E-state index in [1.54, 1.807) is 12.3 Å². The van der Waals surface area contributed by atoms with E-state index in [0.29, 0.717) is 5.69 Å². The SMILES string of the molecule is CC[C@@H](c1ccnc(C#N)c1)S(=O)C(C)(C)C. The van der Waals surface area contributed by atoms with E-state index >= 15 is 0 Å². The van der Waals surface area contributed by atoms with Crippen LogP contribution in [0.15, 0.2) is 18.3 Å². The summed E-state index contributed by atoms with van der Waals surface area (Å²) in [6.07, 6.45) is 2.40. The molecule has 4 heteroatoms. The molecule has 0 aromatic carbocycles. The topological polar surface area (TPSA) is 53.8 Å². The van der Waals surface area contributed by atoms with Crippen molar-refractivity contribution in [1.82, 2.24) is 4.98 Å². The summed E-state index contributed by atoms with van der Waals surface area (Å²) in [5, 5.41) is 8.79. The van der Waals surface area contributed by atoms with Crippen molar-refractivity contribution in [1.29, 1.82) is 5.26 Å². The molecule has 3 nitrogen and oxygen atoms in total. The van der Waals surface area contributed by atoms with Crippen molar-refractivity contribution in [3.63, 3.8) is 0 Å². The third-order valence-electron chi connectivity index (χ3n) is 2.50. The third kappa shape index (κ3) is 3.37. The van der Waals surface area contributed by atoms with Gasteiger partial charge in [0.05, 0.1) is 5.25 Å². The van der Waals surface area contributed by atoms with Gasteiger partial charge in [-0.3, -0.25) is 4.21 Å². The molecule has 0 aliphatic rings. The number of rotatable bonds is 3. The summed E-state index contributed by atoms with van der Waals surface area (Å²) in [5.41, 5.74) is 1.32. The lowest BCUT2D eigenvalue weighted by molar-refractivity contribution is 0.632. The molecule has 92 valence electrons. The second-order valence-electron chi connectivity index (χ2n) is 4.89. The van der Waals surface area contributed by atoms with Crippen LogP contribution in [0.3, 0.4) is 0 Å². The van der Waals surface area contributed by atoms with Crippen molar-refractivity contribution >= 4 is 10.8 Å². The minimum absolute atomic E-state index is 0.0369. The molecule has 0 radical (unpaired) electrons. The van der Waals surface area contributed by atoms with Crippen molar-refractivity contribution in [2.24, 2.45) is 0 Å². The maximum atomic E-state index is 12.4. The molecule has 0 saturated heterocycles. The predicted octanol–water partition coefficient (Wildman–Crippen LogP) is 2.95. The van der Waals surface area contributed by atoms with Crippen molar-refractivity contribution in [3.8, 4) is 6.07 Å². The fourth-order valence-electron chi connectivity index (χ4n) is 1.65. The Bertz CT molecular complexity index is 457. The summed E-state index contributed by atoms with van der Waals surface area (Å²) in [5.74, 6) is 0. The third-order valence-corrected chi connectivity index (χ3v) is 4.83. The van der Waals surface area contributed by atoms with Crippen molar-refractivity contribution in [2.75, 3.05) is 0 Å². The van der Waals surface area contributed by atoms with Gasteiger partial charge in [0.15, 0.2) is 0 Å². The molecule has 0 saturated carbocycles. The highest BCUT2D eigenvalue weighted by atomic mass is 32.2. The number of nitrogens with zero attached hydrogens (tertiary/aromatic N) is 2. The standard InChI is InChI=1S/C13H18N2OS/c1-5-12(17(16)13(2,3)4)10-6-7-15-11(8-10)9-14/h6-8,12H,5H2,1-4H3/t12-,17?/m0/s1.